The van der Waals surface area contributed by atoms with Crippen LogP contribution in [0.15, 0.2) is 17.5 Å². The molecule has 0 saturated heterocycles. The van der Waals surface area contributed by atoms with Crippen LogP contribution in [-0.4, -0.2) is 22.3 Å². The molecule has 5 N–H and O–H groups in total. The largest absolute Gasteiger partial charge is 0.506 e. The Bertz CT molecular complexity index is 483. The zero-order valence-corrected chi connectivity index (χ0v) is 7.95. The van der Waals surface area contributed by atoms with E-state index in [0.717, 1.165) is 4.70 Å². The molecule has 1 aromatic carbocycles. The lowest BCUT2D eigenvalue weighted by Gasteiger charge is -2.05. The second-order valence-electron chi connectivity index (χ2n) is 2.94. The highest BCUT2D eigenvalue weighted by molar-refractivity contribution is 7.17. The molecular formula is C8H8BNO3S. The van der Waals surface area contributed by atoms with Gasteiger partial charge in [0.15, 0.2) is 0 Å². The van der Waals surface area contributed by atoms with Gasteiger partial charge in [-0.25, -0.2) is 0 Å². The number of thiophene rings is 1. The normalized spacial score (nSPS) is 10.7. The molecule has 6 heteroatoms. The standard InChI is InChI=1S/C8H8BNO3S/c10-8-4(9(12)13)1-2-6-7(8)5(11)3-14-6/h1-3,11-13H,10H2. The maximum atomic E-state index is 9.47. The molecule has 0 radical (unpaired) electrons. The van der Waals surface area contributed by atoms with Gasteiger partial charge in [0.1, 0.15) is 5.75 Å². The van der Waals surface area contributed by atoms with Crippen molar-refractivity contribution >= 4 is 39.7 Å². The summed E-state index contributed by atoms with van der Waals surface area (Å²) in [6.45, 7) is 0. The number of anilines is 1. The van der Waals surface area contributed by atoms with E-state index in [1.165, 1.54) is 17.4 Å². The summed E-state index contributed by atoms with van der Waals surface area (Å²) in [7, 11) is -1.61. The van der Waals surface area contributed by atoms with E-state index in [4.69, 9.17) is 15.8 Å². The molecule has 0 spiro atoms. The second kappa shape index (κ2) is 3.16. The first kappa shape index (κ1) is 9.33. The molecule has 2 rings (SSSR count). The molecule has 0 amide bonds. The van der Waals surface area contributed by atoms with Crippen molar-refractivity contribution in [3.8, 4) is 5.75 Å². The highest BCUT2D eigenvalue weighted by atomic mass is 32.1. The Hall–Kier alpha value is -1.24. The van der Waals surface area contributed by atoms with Gasteiger partial charge in [-0.2, -0.15) is 0 Å². The highest BCUT2D eigenvalue weighted by Gasteiger charge is 2.18. The lowest BCUT2D eigenvalue weighted by atomic mass is 9.78. The highest BCUT2D eigenvalue weighted by Crippen LogP contribution is 2.34. The van der Waals surface area contributed by atoms with Gasteiger partial charge in [0.2, 0.25) is 0 Å². The molecule has 0 atom stereocenters. The Morgan fingerprint density at radius 1 is 1.29 bits per heavy atom. The summed E-state index contributed by atoms with van der Waals surface area (Å²) < 4.78 is 0.824. The summed E-state index contributed by atoms with van der Waals surface area (Å²) in [5, 5.41) is 29.5. The summed E-state index contributed by atoms with van der Waals surface area (Å²) in [5.74, 6) is 0.0741. The van der Waals surface area contributed by atoms with Crippen molar-refractivity contribution in [1.29, 1.82) is 0 Å². The quantitative estimate of drug-likeness (QED) is 0.389. The molecule has 4 nitrogen and oxygen atoms in total. The van der Waals surface area contributed by atoms with Crippen molar-refractivity contribution < 1.29 is 15.2 Å². The summed E-state index contributed by atoms with van der Waals surface area (Å²) >= 11 is 1.36. The number of nitrogens with two attached hydrogens (primary N) is 1. The van der Waals surface area contributed by atoms with Crippen LogP contribution in [-0.2, 0) is 0 Å². The van der Waals surface area contributed by atoms with Crippen LogP contribution in [0.1, 0.15) is 0 Å². The number of hydrogen-bond donors (Lipinski definition) is 4. The van der Waals surface area contributed by atoms with Crippen LogP contribution >= 0.6 is 11.3 Å². The van der Waals surface area contributed by atoms with E-state index in [9.17, 15) is 5.11 Å². The topological polar surface area (TPSA) is 86.7 Å². The third-order valence-corrected chi connectivity index (χ3v) is 3.01. The molecule has 0 aliphatic rings. The van der Waals surface area contributed by atoms with Crippen LogP contribution in [0.5, 0.6) is 5.75 Å². The predicted octanol–water partition coefficient (Wildman–Crippen LogP) is -0.131. The smallest absolute Gasteiger partial charge is 0.490 e. The zero-order chi connectivity index (χ0) is 10.3. The monoisotopic (exact) mass is 209 g/mol. The van der Waals surface area contributed by atoms with E-state index < -0.39 is 7.12 Å². The average molecular weight is 209 g/mol. The summed E-state index contributed by atoms with van der Waals surface area (Å²) in [6.07, 6.45) is 0. The SMILES string of the molecule is Nc1c(B(O)O)ccc2scc(O)c12. The van der Waals surface area contributed by atoms with Gasteiger partial charge in [-0.3, -0.25) is 0 Å². The Kier molecular flexibility index (Phi) is 2.11. The summed E-state index contributed by atoms with van der Waals surface area (Å²) in [6, 6.07) is 3.24. The lowest BCUT2D eigenvalue weighted by molar-refractivity contribution is 0.426. The zero-order valence-electron chi connectivity index (χ0n) is 7.14. The van der Waals surface area contributed by atoms with Gasteiger partial charge in [-0.05, 0) is 6.07 Å². The number of nitrogen functional groups attached to an aromatic ring is 1. The fourth-order valence-electron chi connectivity index (χ4n) is 1.38. The van der Waals surface area contributed by atoms with E-state index >= 15 is 0 Å². The van der Waals surface area contributed by atoms with E-state index in [0.29, 0.717) is 5.39 Å². The summed E-state index contributed by atoms with van der Waals surface area (Å²) in [4.78, 5) is 0. The third-order valence-electron chi connectivity index (χ3n) is 2.07. The second-order valence-corrected chi connectivity index (χ2v) is 3.85. The average Bonchev–Trinajstić information content (AvgIpc) is 2.48. The van der Waals surface area contributed by atoms with E-state index in [-0.39, 0.29) is 16.9 Å². The molecule has 72 valence electrons. The Balaban J connectivity index is 2.79. The van der Waals surface area contributed by atoms with Crippen molar-refractivity contribution in [2.24, 2.45) is 0 Å². The van der Waals surface area contributed by atoms with Crippen molar-refractivity contribution in [1.82, 2.24) is 0 Å². The summed E-state index contributed by atoms with van der Waals surface area (Å²) in [5.41, 5.74) is 6.12. The number of fused-ring (bicyclic) bond motifs is 1. The molecule has 1 aromatic heterocycles. The van der Waals surface area contributed by atoms with Gasteiger partial charge in [0.05, 0.1) is 5.39 Å². The maximum absolute atomic E-state index is 9.47. The van der Waals surface area contributed by atoms with Gasteiger partial charge < -0.3 is 20.9 Å². The first-order chi connectivity index (χ1) is 6.61. The Labute approximate surface area is 84.4 Å². The van der Waals surface area contributed by atoms with Gasteiger partial charge in [-0.1, -0.05) is 6.07 Å². The fraction of sp³-hybridized carbons (Fsp3) is 0. The van der Waals surface area contributed by atoms with Crippen LogP contribution in [0.25, 0.3) is 10.1 Å². The number of aromatic hydroxyl groups is 1. The van der Waals surface area contributed by atoms with Crippen molar-refractivity contribution in [3.63, 3.8) is 0 Å². The third kappa shape index (κ3) is 1.24. The Morgan fingerprint density at radius 3 is 2.64 bits per heavy atom. The first-order valence-electron chi connectivity index (χ1n) is 3.96. The molecule has 0 bridgehead atoms. The number of benzene rings is 1. The van der Waals surface area contributed by atoms with Crippen LogP contribution in [0.3, 0.4) is 0 Å². The fourth-order valence-corrected chi connectivity index (χ4v) is 2.22. The van der Waals surface area contributed by atoms with Gasteiger partial charge >= 0.3 is 7.12 Å². The molecule has 14 heavy (non-hydrogen) atoms. The lowest BCUT2D eigenvalue weighted by Crippen LogP contribution is -2.32. The van der Waals surface area contributed by atoms with Gasteiger partial charge in [-0.15, -0.1) is 11.3 Å². The van der Waals surface area contributed by atoms with Crippen LogP contribution in [0.2, 0.25) is 0 Å². The molecule has 0 unspecified atom stereocenters. The molecular weight excluding hydrogens is 201 g/mol. The predicted molar refractivity (Wildman–Crippen MR) is 57.7 cm³/mol. The minimum atomic E-state index is -1.61. The number of rotatable bonds is 1. The maximum Gasteiger partial charge on any atom is 0.490 e. The van der Waals surface area contributed by atoms with E-state index in [1.54, 1.807) is 11.4 Å². The van der Waals surface area contributed by atoms with Gasteiger partial charge in [0.25, 0.3) is 0 Å². The molecule has 2 aromatic rings. The van der Waals surface area contributed by atoms with E-state index in [1.807, 2.05) is 0 Å². The van der Waals surface area contributed by atoms with Crippen LogP contribution in [0, 0.1) is 0 Å². The first-order valence-corrected chi connectivity index (χ1v) is 4.84. The molecule has 1 heterocycles. The molecule has 0 aliphatic heterocycles. The van der Waals surface area contributed by atoms with Gasteiger partial charge in [0, 0.05) is 21.2 Å². The van der Waals surface area contributed by atoms with Crippen LogP contribution in [0.4, 0.5) is 5.69 Å². The number of hydrogen-bond acceptors (Lipinski definition) is 5. The van der Waals surface area contributed by atoms with Crippen LogP contribution < -0.4 is 11.2 Å². The van der Waals surface area contributed by atoms with Crippen molar-refractivity contribution in [3.05, 3.63) is 17.5 Å². The minimum Gasteiger partial charge on any atom is -0.506 e. The molecule has 0 saturated carbocycles. The van der Waals surface area contributed by atoms with Crippen molar-refractivity contribution in [2.45, 2.75) is 0 Å². The van der Waals surface area contributed by atoms with Crippen molar-refractivity contribution in [2.75, 3.05) is 5.73 Å². The molecule has 0 aliphatic carbocycles. The Morgan fingerprint density at radius 2 is 2.00 bits per heavy atom. The minimum absolute atomic E-state index is 0.0741. The van der Waals surface area contributed by atoms with E-state index in [2.05, 4.69) is 0 Å². The molecule has 0 fully saturated rings.